The summed E-state index contributed by atoms with van der Waals surface area (Å²) in [6.45, 7) is 6.26. The number of benzene rings is 1. The number of anilines is 1. The van der Waals surface area contributed by atoms with Crippen LogP contribution in [0.1, 0.15) is 36.2 Å². The van der Waals surface area contributed by atoms with Gasteiger partial charge in [0.15, 0.2) is 0 Å². The third kappa shape index (κ3) is 2.57. The van der Waals surface area contributed by atoms with Gasteiger partial charge in [-0.2, -0.15) is 0 Å². The highest BCUT2D eigenvalue weighted by Crippen LogP contribution is 2.27. The Kier molecular flexibility index (Phi) is 4.04. The van der Waals surface area contributed by atoms with Crippen LogP contribution in [0.5, 0.6) is 0 Å². The second-order valence-corrected chi connectivity index (χ2v) is 5.70. The minimum absolute atomic E-state index is 0. The Morgan fingerprint density at radius 2 is 2.16 bits per heavy atom. The summed E-state index contributed by atoms with van der Waals surface area (Å²) in [6, 6.07) is 6.43. The van der Waals surface area contributed by atoms with Crippen molar-refractivity contribution in [1.29, 1.82) is 0 Å². The van der Waals surface area contributed by atoms with Crippen LogP contribution in [-0.4, -0.2) is 29.9 Å². The van der Waals surface area contributed by atoms with Crippen molar-refractivity contribution in [3.8, 4) is 0 Å². The number of carbonyl (C=O) groups is 1. The molecule has 104 valence electrons. The number of rotatable bonds is 1. The van der Waals surface area contributed by atoms with E-state index in [9.17, 15) is 4.79 Å². The summed E-state index contributed by atoms with van der Waals surface area (Å²) in [5.74, 6) is 0.821. The van der Waals surface area contributed by atoms with Crippen LogP contribution in [0.2, 0.25) is 0 Å². The Labute approximate surface area is 120 Å². The number of fused-ring (bicyclic) bond motifs is 1. The average Bonchev–Trinajstić information content (AvgIpc) is 2.93. The van der Waals surface area contributed by atoms with Gasteiger partial charge in [-0.05, 0) is 49.4 Å². The normalized spacial score (nSPS) is 24.6. The molecular formula is C15H21ClN2O. The Morgan fingerprint density at radius 3 is 2.84 bits per heavy atom. The first-order valence-corrected chi connectivity index (χ1v) is 6.83. The smallest absolute Gasteiger partial charge is 0.254 e. The van der Waals surface area contributed by atoms with Gasteiger partial charge in [0.25, 0.3) is 5.91 Å². The molecule has 1 aromatic rings. The number of halogens is 1. The summed E-state index contributed by atoms with van der Waals surface area (Å²) in [5.41, 5.74) is 3.31. The van der Waals surface area contributed by atoms with Crippen molar-refractivity contribution >= 4 is 24.0 Å². The highest BCUT2D eigenvalue weighted by atomic mass is 35.5. The molecule has 2 atom stereocenters. The Hall–Kier alpha value is -1.22. The fraction of sp³-hybridized carbons (Fsp3) is 0.533. The van der Waals surface area contributed by atoms with Crippen molar-refractivity contribution in [1.82, 2.24) is 4.90 Å². The highest BCUT2D eigenvalue weighted by Gasteiger charge is 2.30. The summed E-state index contributed by atoms with van der Waals surface area (Å²) < 4.78 is 0. The van der Waals surface area contributed by atoms with Crippen LogP contribution in [0.3, 0.4) is 0 Å². The molecule has 0 aliphatic carbocycles. The zero-order valence-electron chi connectivity index (χ0n) is 11.5. The molecule has 3 nitrogen and oxygen atoms in total. The molecule has 0 saturated carbocycles. The molecule has 1 aromatic carbocycles. The predicted molar refractivity (Wildman–Crippen MR) is 80.2 cm³/mol. The van der Waals surface area contributed by atoms with Crippen molar-refractivity contribution in [2.75, 3.05) is 18.4 Å². The topological polar surface area (TPSA) is 32.3 Å². The first-order valence-electron chi connectivity index (χ1n) is 6.83. The van der Waals surface area contributed by atoms with Crippen LogP contribution in [0.15, 0.2) is 18.2 Å². The van der Waals surface area contributed by atoms with Crippen LogP contribution in [0.4, 0.5) is 5.69 Å². The van der Waals surface area contributed by atoms with Crippen LogP contribution < -0.4 is 5.32 Å². The quantitative estimate of drug-likeness (QED) is 0.858. The number of hydrogen-bond acceptors (Lipinski definition) is 2. The van der Waals surface area contributed by atoms with Crippen molar-refractivity contribution < 1.29 is 4.79 Å². The minimum atomic E-state index is 0. The first-order chi connectivity index (χ1) is 8.65. The molecule has 1 fully saturated rings. The molecule has 2 heterocycles. The third-order valence-electron chi connectivity index (χ3n) is 4.11. The summed E-state index contributed by atoms with van der Waals surface area (Å²) in [4.78, 5) is 14.5. The molecule has 2 aliphatic heterocycles. The fourth-order valence-corrected chi connectivity index (χ4v) is 3.19. The summed E-state index contributed by atoms with van der Waals surface area (Å²) >= 11 is 0. The predicted octanol–water partition coefficient (Wildman–Crippen LogP) is 2.95. The van der Waals surface area contributed by atoms with E-state index in [4.69, 9.17) is 0 Å². The first kappa shape index (κ1) is 14.2. The van der Waals surface area contributed by atoms with E-state index in [2.05, 4.69) is 25.2 Å². The van der Waals surface area contributed by atoms with Crippen LogP contribution in [0.25, 0.3) is 0 Å². The van der Waals surface area contributed by atoms with Gasteiger partial charge in [0.05, 0.1) is 0 Å². The Bertz CT molecular complexity index is 489. The third-order valence-corrected chi connectivity index (χ3v) is 4.11. The van der Waals surface area contributed by atoms with Crippen molar-refractivity contribution in [2.24, 2.45) is 5.92 Å². The van der Waals surface area contributed by atoms with E-state index in [1.807, 2.05) is 17.0 Å². The number of nitrogens with zero attached hydrogens (tertiary/aromatic N) is 1. The maximum atomic E-state index is 12.5. The van der Waals surface area contributed by atoms with Gasteiger partial charge in [0.2, 0.25) is 0 Å². The molecule has 2 aliphatic rings. The van der Waals surface area contributed by atoms with Gasteiger partial charge in [-0.15, -0.1) is 12.4 Å². The number of amides is 1. The van der Waals surface area contributed by atoms with Gasteiger partial charge in [-0.25, -0.2) is 0 Å². The fourth-order valence-electron chi connectivity index (χ4n) is 3.19. The van der Waals surface area contributed by atoms with E-state index in [0.29, 0.717) is 12.0 Å². The number of nitrogens with one attached hydrogen (secondary N) is 1. The molecule has 0 aromatic heterocycles. The molecule has 1 amide bonds. The lowest BCUT2D eigenvalue weighted by molar-refractivity contribution is 0.0743. The van der Waals surface area contributed by atoms with Crippen molar-refractivity contribution in [3.05, 3.63) is 29.3 Å². The molecular weight excluding hydrogens is 260 g/mol. The molecule has 0 spiro atoms. The zero-order valence-corrected chi connectivity index (χ0v) is 12.3. The van der Waals surface area contributed by atoms with Crippen LogP contribution in [0, 0.1) is 5.92 Å². The number of likely N-dealkylation sites (tertiary alicyclic amines) is 1. The van der Waals surface area contributed by atoms with E-state index in [1.165, 1.54) is 11.3 Å². The van der Waals surface area contributed by atoms with Gasteiger partial charge in [-0.1, -0.05) is 6.92 Å². The monoisotopic (exact) mass is 280 g/mol. The second kappa shape index (κ2) is 5.41. The molecule has 1 N–H and O–H groups in total. The SMILES string of the molecule is CC1CC(C)N(C(=O)c2ccc3c(c2)CCN3)C1.Cl. The van der Waals surface area contributed by atoms with Crippen LogP contribution >= 0.6 is 12.4 Å². The van der Waals surface area contributed by atoms with Gasteiger partial charge >= 0.3 is 0 Å². The molecule has 0 radical (unpaired) electrons. The van der Waals surface area contributed by atoms with Crippen molar-refractivity contribution in [3.63, 3.8) is 0 Å². The van der Waals surface area contributed by atoms with E-state index < -0.39 is 0 Å². The molecule has 1 saturated heterocycles. The number of hydrogen-bond donors (Lipinski definition) is 1. The maximum Gasteiger partial charge on any atom is 0.254 e. The number of carbonyl (C=O) groups excluding carboxylic acids is 1. The van der Waals surface area contributed by atoms with Gasteiger partial charge in [0, 0.05) is 30.4 Å². The van der Waals surface area contributed by atoms with E-state index in [1.54, 1.807) is 0 Å². The van der Waals surface area contributed by atoms with E-state index >= 15 is 0 Å². The minimum Gasteiger partial charge on any atom is -0.384 e. The lowest BCUT2D eigenvalue weighted by atomic mass is 10.1. The summed E-state index contributed by atoms with van der Waals surface area (Å²) in [5, 5.41) is 3.33. The van der Waals surface area contributed by atoms with Gasteiger partial charge < -0.3 is 10.2 Å². The van der Waals surface area contributed by atoms with Crippen LogP contribution in [-0.2, 0) is 6.42 Å². The summed E-state index contributed by atoms with van der Waals surface area (Å²) in [6.07, 6.45) is 2.15. The molecule has 3 rings (SSSR count). The zero-order chi connectivity index (χ0) is 12.7. The molecule has 19 heavy (non-hydrogen) atoms. The lowest BCUT2D eigenvalue weighted by Gasteiger charge is -2.21. The maximum absolute atomic E-state index is 12.5. The Balaban J connectivity index is 0.00000133. The van der Waals surface area contributed by atoms with E-state index in [-0.39, 0.29) is 18.3 Å². The molecule has 0 bridgehead atoms. The summed E-state index contributed by atoms with van der Waals surface area (Å²) in [7, 11) is 0. The second-order valence-electron chi connectivity index (χ2n) is 5.70. The van der Waals surface area contributed by atoms with Gasteiger partial charge in [-0.3, -0.25) is 4.79 Å². The largest absolute Gasteiger partial charge is 0.384 e. The standard InChI is InChI=1S/C15H20N2O.ClH/c1-10-7-11(2)17(9-10)15(18)13-3-4-14-12(8-13)5-6-16-14;/h3-4,8,10-11,16H,5-7,9H2,1-2H3;1H. The van der Waals surface area contributed by atoms with Crippen molar-refractivity contribution in [2.45, 2.75) is 32.7 Å². The van der Waals surface area contributed by atoms with Gasteiger partial charge in [0.1, 0.15) is 0 Å². The van der Waals surface area contributed by atoms with E-state index in [0.717, 1.165) is 31.5 Å². The Morgan fingerprint density at radius 1 is 1.37 bits per heavy atom. The lowest BCUT2D eigenvalue weighted by Crippen LogP contribution is -2.33. The molecule has 4 heteroatoms. The highest BCUT2D eigenvalue weighted by molar-refractivity contribution is 5.95. The average molecular weight is 281 g/mol. The molecule has 2 unspecified atom stereocenters.